The third-order valence-corrected chi connectivity index (χ3v) is 16.2. The first-order valence-corrected chi connectivity index (χ1v) is 34.6. The summed E-state index contributed by atoms with van der Waals surface area (Å²) in [4.78, 5) is 24.5. The van der Waals surface area contributed by atoms with Gasteiger partial charge >= 0.3 is 5.97 Å². The minimum absolute atomic E-state index is 0.0218. The molecule has 0 aliphatic carbocycles. The molecule has 6 heteroatoms. The van der Waals surface area contributed by atoms with E-state index in [1.54, 1.807) is 6.08 Å². The highest BCUT2D eigenvalue weighted by molar-refractivity contribution is 5.76. The number of aliphatic hydroxyl groups excluding tert-OH is 2. The Kier molecular flexibility index (Phi) is 64.4. The molecule has 0 heterocycles. The minimum Gasteiger partial charge on any atom is -0.466 e. The third kappa shape index (κ3) is 61.6. The fraction of sp³-hybridized carbons (Fsp3) is 0.914. The fourth-order valence-electron chi connectivity index (χ4n) is 10.9. The van der Waals surface area contributed by atoms with Gasteiger partial charge in [-0.2, -0.15) is 0 Å². The van der Waals surface area contributed by atoms with E-state index >= 15 is 0 Å². The second-order valence-electron chi connectivity index (χ2n) is 23.9. The molecule has 0 radical (unpaired) electrons. The Hall–Kier alpha value is -1.66. The van der Waals surface area contributed by atoms with Gasteiger partial charge in [0.25, 0.3) is 0 Å². The van der Waals surface area contributed by atoms with Gasteiger partial charge in [-0.25, -0.2) is 0 Å². The number of hydrogen-bond acceptors (Lipinski definition) is 5. The number of carbonyl (C=O) groups excluding carboxylic acids is 2. The molecule has 2 atom stereocenters. The number of carbonyl (C=O) groups is 2. The van der Waals surface area contributed by atoms with Crippen LogP contribution in [0.2, 0.25) is 0 Å². The molecule has 0 saturated carbocycles. The smallest absolute Gasteiger partial charge is 0.305 e. The Morgan fingerprint density at radius 3 is 0.934 bits per heavy atom. The normalized spacial score (nSPS) is 12.6. The molecule has 0 aromatic heterocycles. The third-order valence-electron chi connectivity index (χ3n) is 16.2. The minimum atomic E-state index is -0.840. The number of aliphatic hydroxyl groups is 2. The quantitative estimate of drug-likeness (QED) is 0.0320. The highest BCUT2D eigenvalue weighted by atomic mass is 16.5. The van der Waals surface area contributed by atoms with Crippen LogP contribution < -0.4 is 5.32 Å². The van der Waals surface area contributed by atoms with E-state index in [2.05, 4.69) is 31.3 Å². The number of amides is 1. The molecule has 3 N–H and O–H groups in total. The Bertz CT molecular complexity index is 1190. The van der Waals surface area contributed by atoms with Crippen LogP contribution in [0.5, 0.6) is 0 Å². The van der Waals surface area contributed by atoms with Crippen molar-refractivity contribution in [3.05, 3.63) is 24.3 Å². The first-order chi connectivity index (χ1) is 37.5. The van der Waals surface area contributed by atoms with E-state index in [0.717, 1.165) is 38.5 Å². The van der Waals surface area contributed by atoms with Crippen molar-refractivity contribution in [2.75, 3.05) is 13.2 Å². The van der Waals surface area contributed by atoms with Crippen molar-refractivity contribution in [2.45, 2.75) is 398 Å². The van der Waals surface area contributed by atoms with E-state index in [1.165, 1.54) is 321 Å². The Morgan fingerprint density at radius 1 is 0.355 bits per heavy atom. The van der Waals surface area contributed by atoms with Crippen molar-refractivity contribution in [2.24, 2.45) is 0 Å². The van der Waals surface area contributed by atoms with E-state index in [-0.39, 0.29) is 18.5 Å². The zero-order valence-electron chi connectivity index (χ0n) is 51.5. The van der Waals surface area contributed by atoms with Crippen LogP contribution in [0, 0.1) is 0 Å². The van der Waals surface area contributed by atoms with E-state index in [1.807, 2.05) is 6.08 Å². The molecule has 450 valence electrons. The number of ether oxygens (including phenoxy) is 1. The van der Waals surface area contributed by atoms with Crippen molar-refractivity contribution < 1.29 is 24.5 Å². The fourth-order valence-corrected chi connectivity index (χ4v) is 10.9. The highest BCUT2D eigenvalue weighted by Crippen LogP contribution is 2.18. The van der Waals surface area contributed by atoms with Gasteiger partial charge in [-0.15, -0.1) is 0 Å². The summed E-state index contributed by atoms with van der Waals surface area (Å²) >= 11 is 0. The molecule has 76 heavy (non-hydrogen) atoms. The van der Waals surface area contributed by atoms with Gasteiger partial charge in [0, 0.05) is 12.8 Å². The Balaban J connectivity index is 3.33. The predicted molar refractivity (Wildman–Crippen MR) is 333 cm³/mol. The van der Waals surface area contributed by atoms with Gasteiger partial charge < -0.3 is 20.3 Å². The van der Waals surface area contributed by atoms with Crippen LogP contribution >= 0.6 is 0 Å². The monoisotopic (exact) mass is 1070 g/mol. The van der Waals surface area contributed by atoms with Crippen molar-refractivity contribution in [1.82, 2.24) is 5.32 Å². The largest absolute Gasteiger partial charge is 0.466 e. The summed E-state index contributed by atoms with van der Waals surface area (Å²) in [6, 6.07) is -0.624. The standard InChI is InChI=1S/C70H135NO5/c1-3-5-7-9-11-13-15-16-36-40-44-48-52-56-60-64-70(75)76-65-61-57-53-49-45-41-38-35-33-31-29-27-25-23-21-19-17-18-20-22-24-26-28-30-32-34-37-39-43-47-51-55-59-63-69(74)71-67(66-72)68(73)62-58-54-50-46-42-14-12-10-8-6-4-2/h21,23,58,62,67-68,72-73H,3-20,22,24-57,59-61,63-66H2,1-2H3,(H,71,74)/b23-21-,62-58+. The maximum Gasteiger partial charge on any atom is 0.305 e. The summed E-state index contributed by atoms with van der Waals surface area (Å²) in [6.07, 6.45) is 82.7. The van der Waals surface area contributed by atoms with E-state index in [0.29, 0.717) is 19.4 Å². The van der Waals surface area contributed by atoms with E-state index < -0.39 is 12.1 Å². The predicted octanol–water partition coefficient (Wildman–Crippen LogP) is 22.1. The average Bonchev–Trinajstić information content (AvgIpc) is 3.42. The molecular weight excluding hydrogens is 935 g/mol. The van der Waals surface area contributed by atoms with E-state index in [9.17, 15) is 19.8 Å². The SMILES string of the molecule is CCCCCCCCCCC/C=C/C(O)C(CO)NC(=O)CCCCCCCCCCCCCCCCCCC/C=C\CCCCCCCCCCCCCCOC(=O)CCCCCCCCCCCCCCCCC. The highest BCUT2D eigenvalue weighted by Gasteiger charge is 2.18. The number of nitrogens with one attached hydrogen (secondary N) is 1. The summed E-state index contributed by atoms with van der Waals surface area (Å²) < 4.78 is 5.50. The number of unbranched alkanes of at least 4 members (excludes halogenated alkanes) is 52. The van der Waals surface area contributed by atoms with Crippen molar-refractivity contribution in [1.29, 1.82) is 0 Å². The molecule has 0 rings (SSSR count). The van der Waals surface area contributed by atoms with Crippen molar-refractivity contribution in [3.63, 3.8) is 0 Å². The number of esters is 1. The van der Waals surface area contributed by atoms with Gasteiger partial charge in [0.2, 0.25) is 5.91 Å². The van der Waals surface area contributed by atoms with Crippen LogP contribution in [0.25, 0.3) is 0 Å². The molecule has 1 amide bonds. The molecule has 0 saturated heterocycles. The first-order valence-electron chi connectivity index (χ1n) is 34.6. The second kappa shape index (κ2) is 65.9. The van der Waals surface area contributed by atoms with Crippen molar-refractivity contribution >= 4 is 11.9 Å². The van der Waals surface area contributed by atoms with Crippen LogP contribution in [0.15, 0.2) is 24.3 Å². The number of hydrogen-bond donors (Lipinski definition) is 3. The van der Waals surface area contributed by atoms with Gasteiger partial charge in [0.05, 0.1) is 25.4 Å². The zero-order valence-corrected chi connectivity index (χ0v) is 51.5. The molecule has 2 unspecified atom stereocenters. The van der Waals surface area contributed by atoms with Crippen LogP contribution in [0.3, 0.4) is 0 Å². The zero-order chi connectivity index (χ0) is 55.0. The summed E-state index contributed by atoms with van der Waals surface area (Å²) in [5, 5.41) is 23.0. The molecule has 0 spiro atoms. The average molecular weight is 1070 g/mol. The lowest BCUT2D eigenvalue weighted by Gasteiger charge is -2.20. The van der Waals surface area contributed by atoms with Crippen LogP contribution in [0.1, 0.15) is 386 Å². The lowest BCUT2D eigenvalue weighted by Crippen LogP contribution is -2.45. The molecular formula is C70H135NO5. The molecule has 0 fully saturated rings. The van der Waals surface area contributed by atoms with Gasteiger partial charge in [0.15, 0.2) is 0 Å². The van der Waals surface area contributed by atoms with Gasteiger partial charge in [-0.05, 0) is 57.8 Å². The Morgan fingerprint density at radius 2 is 0.618 bits per heavy atom. The maximum absolute atomic E-state index is 12.4. The molecule has 6 nitrogen and oxygen atoms in total. The summed E-state index contributed by atoms with van der Waals surface area (Å²) in [5.41, 5.74) is 0. The van der Waals surface area contributed by atoms with E-state index in [4.69, 9.17) is 4.74 Å². The van der Waals surface area contributed by atoms with Gasteiger partial charge in [-0.3, -0.25) is 9.59 Å². The maximum atomic E-state index is 12.4. The molecule has 0 aromatic rings. The van der Waals surface area contributed by atoms with Crippen molar-refractivity contribution in [3.8, 4) is 0 Å². The molecule has 0 aliphatic rings. The summed E-state index contributed by atoms with van der Waals surface area (Å²) in [6.45, 7) is 4.92. The summed E-state index contributed by atoms with van der Waals surface area (Å²) in [5.74, 6) is -0.0427. The molecule has 0 bridgehead atoms. The van der Waals surface area contributed by atoms with Crippen LogP contribution in [0.4, 0.5) is 0 Å². The number of rotatable bonds is 65. The van der Waals surface area contributed by atoms with Gasteiger partial charge in [-0.1, -0.05) is 340 Å². The molecule has 0 aromatic carbocycles. The van der Waals surface area contributed by atoms with Gasteiger partial charge in [0.1, 0.15) is 0 Å². The lowest BCUT2D eigenvalue weighted by molar-refractivity contribution is -0.143. The Labute approximate surface area is 475 Å². The topological polar surface area (TPSA) is 95.9 Å². The molecule has 0 aliphatic heterocycles. The second-order valence-corrected chi connectivity index (χ2v) is 23.9. The number of allylic oxidation sites excluding steroid dienone is 3. The lowest BCUT2D eigenvalue weighted by atomic mass is 10.0. The van der Waals surface area contributed by atoms with Crippen LogP contribution in [-0.4, -0.2) is 47.4 Å². The first kappa shape index (κ1) is 74.3. The summed E-state index contributed by atoms with van der Waals surface area (Å²) in [7, 11) is 0. The van der Waals surface area contributed by atoms with Crippen LogP contribution in [-0.2, 0) is 14.3 Å².